The van der Waals surface area contributed by atoms with Crippen LogP contribution in [0.25, 0.3) is 0 Å². The standard InChI is InChI=1S/C29H40N2O5/c1-4-21(2)30-20-24(18-22-10-15-27-28(19-22)36-17-16-35-27)31-29(33)9-7-5-6-8-26(32)23-11-13-25(34-3)14-12-23/h10-15,19,21,24,30H,4-9,16-18,20H2,1-3H3,(H,31,33)/t21-,24-/m0/s1. The highest BCUT2D eigenvalue weighted by molar-refractivity contribution is 5.96. The van der Waals surface area contributed by atoms with E-state index in [1.165, 1.54) is 0 Å². The van der Waals surface area contributed by atoms with Gasteiger partial charge in [0.25, 0.3) is 0 Å². The Morgan fingerprint density at radius 2 is 1.69 bits per heavy atom. The molecular weight excluding hydrogens is 456 g/mol. The van der Waals surface area contributed by atoms with Gasteiger partial charge in [0.05, 0.1) is 7.11 Å². The number of carbonyl (C=O) groups excluding carboxylic acids is 2. The largest absolute Gasteiger partial charge is 0.497 e. The van der Waals surface area contributed by atoms with Crippen molar-refractivity contribution in [3.8, 4) is 17.2 Å². The number of nitrogens with one attached hydrogen (secondary N) is 2. The summed E-state index contributed by atoms with van der Waals surface area (Å²) < 4.78 is 16.5. The van der Waals surface area contributed by atoms with E-state index < -0.39 is 0 Å². The average molecular weight is 497 g/mol. The fourth-order valence-corrected chi connectivity index (χ4v) is 4.13. The van der Waals surface area contributed by atoms with Crippen molar-refractivity contribution in [2.24, 2.45) is 0 Å². The molecule has 2 aromatic carbocycles. The molecule has 0 aromatic heterocycles. The molecule has 0 fully saturated rings. The molecule has 0 saturated carbocycles. The lowest BCUT2D eigenvalue weighted by molar-refractivity contribution is -0.121. The Morgan fingerprint density at radius 3 is 2.42 bits per heavy atom. The van der Waals surface area contributed by atoms with Crippen molar-refractivity contribution in [2.75, 3.05) is 26.9 Å². The van der Waals surface area contributed by atoms with Crippen LogP contribution >= 0.6 is 0 Å². The maximum Gasteiger partial charge on any atom is 0.220 e. The molecule has 7 nitrogen and oxygen atoms in total. The number of ketones is 1. The Morgan fingerprint density at radius 1 is 0.972 bits per heavy atom. The van der Waals surface area contributed by atoms with Gasteiger partial charge in [0, 0.05) is 37.0 Å². The second-order valence-corrected chi connectivity index (χ2v) is 9.38. The van der Waals surface area contributed by atoms with Crippen LogP contribution in [-0.2, 0) is 11.2 Å². The summed E-state index contributed by atoms with van der Waals surface area (Å²) in [7, 11) is 1.61. The molecule has 0 saturated heterocycles. The minimum atomic E-state index is -0.0225. The van der Waals surface area contributed by atoms with E-state index >= 15 is 0 Å². The first-order chi connectivity index (χ1) is 17.5. The van der Waals surface area contributed by atoms with E-state index in [0.717, 1.165) is 48.5 Å². The number of ether oxygens (including phenoxy) is 3. The van der Waals surface area contributed by atoms with E-state index in [1.54, 1.807) is 31.4 Å². The van der Waals surface area contributed by atoms with E-state index in [0.29, 0.717) is 50.6 Å². The zero-order valence-electron chi connectivity index (χ0n) is 21.8. The lowest BCUT2D eigenvalue weighted by Gasteiger charge is -2.23. The fraction of sp³-hybridized carbons (Fsp3) is 0.517. The monoisotopic (exact) mass is 496 g/mol. The third-order valence-corrected chi connectivity index (χ3v) is 6.50. The summed E-state index contributed by atoms with van der Waals surface area (Å²) in [6, 6.07) is 13.5. The zero-order chi connectivity index (χ0) is 25.8. The minimum absolute atomic E-state index is 0.0225. The summed E-state index contributed by atoms with van der Waals surface area (Å²) in [5, 5.41) is 6.72. The van der Waals surface area contributed by atoms with Gasteiger partial charge in [0.1, 0.15) is 19.0 Å². The van der Waals surface area contributed by atoms with Gasteiger partial charge in [-0.3, -0.25) is 9.59 Å². The lowest BCUT2D eigenvalue weighted by Crippen LogP contribution is -2.45. The van der Waals surface area contributed by atoms with E-state index in [4.69, 9.17) is 14.2 Å². The van der Waals surface area contributed by atoms with Crippen molar-refractivity contribution in [3.05, 3.63) is 53.6 Å². The highest BCUT2D eigenvalue weighted by Crippen LogP contribution is 2.31. The van der Waals surface area contributed by atoms with E-state index in [1.807, 2.05) is 18.2 Å². The molecule has 36 heavy (non-hydrogen) atoms. The van der Waals surface area contributed by atoms with Gasteiger partial charge in [-0.25, -0.2) is 0 Å². The quantitative estimate of drug-likeness (QED) is 0.274. The van der Waals surface area contributed by atoms with Crippen LogP contribution in [0.15, 0.2) is 42.5 Å². The highest BCUT2D eigenvalue weighted by Gasteiger charge is 2.17. The maximum atomic E-state index is 12.7. The molecule has 1 aliphatic rings. The topological polar surface area (TPSA) is 85.9 Å². The SMILES string of the molecule is CC[C@H](C)NC[C@H](Cc1ccc2c(c1)OCCO2)NC(=O)CCCCCC(=O)c1ccc(OC)cc1. The van der Waals surface area contributed by atoms with Gasteiger partial charge >= 0.3 is 0 Å². The number of rotatable bonds is 15. The summed E-state index contributed by atoms with van der Waals surface area (Å²) in [6.45, 7) is 6.12. The molecule has 7 heteroatoms. The first-order valence-electron chi connectivity index (χ1n) is 13.1. The Bertz CT molecular complexity index is 976. The molecular formula is C29H40N2O5. The predicted molar refractivity (Wildman–Crippen MR) is 141 cm³/mol. The third kappa shape index (κ3) is 8.86. The molecule has 1 amide bonds. The number of benzene rings is 2. The molecule has 1 aliphatic heterocycles. The van der Waals surface area contributed by atoms with Crippen molar-refractivity contribution in [1.29, 1.82) is 0 Å². The molecule has 2 N–H and O–H groups in total. The van der Waals surface area contributed by atoms with Crippen LogP contribution in [0.3, 0.4) is 0 Å². The number of hydrogen-bond donors (Lipinski definition) is 2. The van der Waals surface area contributed by atoms with Crippen molar-refractivity contribution in [2.45, 2.75) is 70.9 Å². The normalized spacial score (nSPS) is 14.1. The molecule has 2 atom stereocenters. The van der Waals surface area contributed by atoms with Crippen LogP contribution in [0.2, 0.25) is 0 Å². The van der Waals surface area contributed by atoms with Gasteiger partial charge in [0.2, 0.25) is 5.91 Å². The zero-order valence-corrected chi connectivity index (χ0v) is 21.8. The molecule has 0 bridgehead atoms. The van der Waals surface area contributed by atoms with Gasteiger partial charge in [-0.1, -0.05) is 19.4 Å². The van der Waals surface area contributed by atoms with Crippen LogP contribution < -0.4 is 24.8 Å². The van der Waals surface area contributed by atoms with Crippen LogP contribution in [0, 0.1) is 0 Å². The second-order valence-electron chi connectivity index (χ2n) is 9.38. The molecule has 2 aromatic rings. The van der Waals surface area contributed by atoms with Gasteiger partial charge < -0.3 is 24.8 Å². The van der Waals surface area contributed by atoms with Crippen LogP contribution in [0.4, 0.5) is 0 Å². The van der Waals surface area contributed by atoms with Gasteiger partial charge in [-0.05, 0) is 74.6 Å². The molecule has 0 unspecified atom stereocenters. The van der Waals surface area contributed by atoms with E-state index in [-0.39, 0.29) is 17.7 Å². The predicted octanol–water partition coefficient (Wildman–Crippen LogP) is 4.72. The molecule has 0 radical (unpaired) electrons. The summed E-state index contributed by atoms with van der Waals surface area (Å²) in [4.78, 5) is 25.1. The summed E-state index contributed by atoms with van der Waals surface area (Å²) in [5.74, 6) is 2.45. The average Bonchev–Trinajstić information content (AvgIpc) is 2.91. The minimum Gasteiger partial charge on any atom is -0.497 e. The van der Waals surface area contributed by atoms with Crippen molar-refractivity contribution in [1.82, 2.24) is 10.6 Å². The highest BCUT2D eigenvalue weighted by atomic mass is 16.6. The van der Waals surface area contributed by atoms with Crippen LogP contribution in [0.1, 0.15) is 68.3 Å². The Balaban J connectivity index is 1.43. The van der Waals surface area contributed by atoms with Gasteiger partial charge in [-0.2, -0.15) is 0 Å². The van der Waals surface area contributed by atoms with Crippen molar-refractivity contribution < 1.29 is 23.8 Å². The van der Waals surface area contributed by atoms with Crippen molar-refractivity contribution >= 4 is 11.7 Å². The van der Waals surface area contributed by atoms with E-state index in [2.05, 4.69) is 24.5 Å². The second kappa shape index (κ2) is 14.5. The van der Waals surface area contributed by atoms with Crippen LogP contribution in [0.5, 0.6) is 17.2 Å². The summed E-state index contributed by atoms with van der Waals surface area (Å²) in [6.07, 6.45) is 5.05. The molecule has 1 heterocycles. The number of hydrogen-bond acceptors (Lipinski definition) is 6. The maximum absolute atomic E-state index is 12.7. The molecule has 0 spiro atoms. The molecule has 0 aliphatic carbocycles. The molecule has 196 valence electrons. The Hall–Kier alpha value is -3.06. The first-order valence-corrected chi connectivity index (χ1v) is 13.1. The number of amides is 1. The number of fused-ring (bicyclic) bond motifs is 1. The number of Topliss-reactive ketones (excluding diaryl/α,β-unsaturated/α-hetero) is 1. The Labute approximate surface area is 214 Å². The van der Waals surface area contributed by atoms with Crippen LogP contribution in [-0.4, -0.2) is 50.6 Å². The van der Waals surface area contributed by atoms with Gasteiger partial charge in [-0.15, -0.1) is 0 Å². The number of unbranched alkanes of at least 4 members (excludes halogenated alkanes) is 2. The lowest BCUT2D eigenvalue weighted by atomic mass is 10.0. The van der Waals surface area contributed by atoms with E-state index in [9.17, 15) is 9.59 Å². The smallest absolute Gasteiger partial charge is 0.220 e. The Kier molecular flexibility index (Phi) is 11.1. The van der Waals surface area contributed by atoms with Gasteiger partial charge in [0.15, 0.2) is 17.3 Å². The number of carbonyl (C=O) groups is 2. The summed E-state index contributed by atoms with van der Waals surface area (Å²) >= 11 is 0. The summed E-state index contributed by atoms with van der Waals surface area (Å²) in [5.41, 5.74) is 1.80. The fourth-order valence-electron chi connectivity index (χ4n) is 4.13. The number of methoxy groups -OCH3 is 1. The third-order valence-electron chi connectivity index (χ3n) is 6.50. The first kappa shape index (κ1) is 27.5. The molecule has 3 rings (SSSR count). The van der Waals surface area contributed by atoms with Crippen molar-refractivity contribution in [3.63, 3.8) is 0 Å².